The molecule has 1 fully saturated rings. The molecule has 4 rings (SSSR count). The third-order valence-electron chi connectivity index (χ3n) is 7.88. The Bertz CT molecular complexity index is 1570. The minimum Gasteiger partial charge on any atom is -0.460 e. The molecule has 15 nitrogen and oxygen atoms in total. The fourth-order valence-electron chi connectivity index (χ4n) is 5.47. The number of cyclic esters (lactones) is 1. The Morgan fingerprint density at radius 3 is 2.79 bits per heavy atom. The van der Waals surface area contributed by atoms with Gasteiger partial charge in [-0.15, -0.1) is 0 Å². The van der Waals surface area contributed by atoms with Gasteiger partial charge in [-0.2, -0.15) is 5.10 Å². The lowest BCUT2D eigenvalue weighted by Gasteiger charge is -2.30. The van der Waals surface area contributed by atoms with Crippen molar-refractivity contribution in [2.45, 2.75) is 64.7 Å². The average molecular weight is 667 g/mol. The Labute approximate surface area is 278 Å². The highest BCUT2D eigenvalue weighted by Crippen LogP contribution is 2.26. The summed E-state index contributed by atoms with van der Waals surface area (Å²) in [5, 5.41) is 19.7. The molecule has 48 heavy (non-hydrogen) atoms. The molecule has 0 aromatic carbocycles. The third kappa shape index (κ3) is 10.2. The maximum atomic E-state index is 13.6. The second-order valence-corrected chi connectivity index (χ2v) is 12.0. The first-order valence-electron chi connectivity index (χ1n) is 15.8. The van der Waals surface area contributed by atoms with Gasteiger partial charge in [-0.3, -0.25) is 24.4 Å². The summed E-state index contributed by atoms with van der Waals surface area (Å²) in [6.07, 6.45) is 8.52. The van der Waals surface area contributed by atoms with E-state index in [-0.39, 0.29) is 55.8 Å². The summed E-state index contributed by atoms with van der Waals surface area (Å²) < 4.78 is 18.3. The zero-order valence-corrected chi connectivity index (χ0v) is 27.5. The van der Waals surface area contributed by atoms with Crippen LogP contribution in [-0.4, -0.2) is 92.4 Å². The summed E-state index contributed by atoms with van der Waals surface area (Å²) in [4.78, 5) is 70.1. The van der Waals surface area contributed by atoms with Gasteiger partial charge in [0.1, 0.15) is 24.2 Å². The van der Waals surface area contributed by atoms with Crippen molar-refractivity contribution >= 4 is 35.5 Å². The van der Waals surface area contributed by atoms with Gasteiger partial charge in [0.25, 0.3) is 5.91 Å². The summed E-state index contributed by atoms with van der Waals surface area (Å²) in [6.45, 7) is 5.61. The first-order valence-corrected chi connectivity index (χ1v) is 15.8. The number of allylic oxidation sites excluding steroid dienone is 2. The molecule has 1 saturated heterocycles. The number of rotatable bonds is 4. The predicted octanol–water partition coefficient (Wildman–Crippen LogP) is 2.50. The Kier molecular flexibility index (Phi) is 12.4. The van der Waals surface area contributed by atoms with E-state index in [1.807, 2.05) is 0 Å². The number of oxazole rings is 1. The third-order valence-corrected chi connectivity index (χ3v) is 7.88. The average Bonchev–Trinajstić information content (AvgIpc) is 3.80. The molecule has 0 spiro atoms. The molecule has 3 amide bonds. The molecule has 0 unspecified atom stereocenters. The van der Waals surface area contributed by atoms with E-state index in [0.29, 0.717) is 24.2 Å². The van der Waals surface area contributed by atoms with Crippen molar-refractivity contribution in [1.29, 1.82) is 0 Å². The van der Waals surface area contributed by atoms with Crippen LogP contribution in [0.2, 0.25) is 0 Å². The number of ketones is 1. The summed E-state index contributed by atoms with van der Waals surface area (Å²) in [7, 11) is 1.71. The van der Waals surface area contributed by atoms with Crippen molar-refractivity contribution in [3.05, 3.63) is 66.1 Å². The zero-order valence-electron chi connectivity index (χ0n) is 27.5. The lowest BCUT2D eigenvalue weighted by molar-refractivity contribution is -0.159. The Morgan fingerprint density at radius 2 is 2.04 bits per heavy atom. The fourth-order valence-corrected chi connectivity index (χ4v) is 5.47. The van der Waals surface area contributed by atoms with Crippen LogP contribution in [0.1, 0.15) is 56.4 Å². The van der Waals surface area contributed by atoms with Gasteiger partial charge >= 0.3 is 12.1 Å². The molecule has 258 valence electrons. The summed E-state index contributed by atoms with van der Waals surface area (Å²) in [5.74, 6) is -2.63. The number of hydrogen-bond acceptors (Lipinski definition) is 11. The number of ether oxygens (including phenoxy) is 2. The van der Waals surface area contributed by atoms with Gasteiger partial charge in [0, 0.05) is 50.7 Å². The van der Waals surface area contributed by atoms with Crippen LogP contribution in [0.15, 0.2) is 58.9 Å². The summed E-state index contributed by atoms with van der Waals surface area (Å²) in [6, 6.07) is 0.691. The second kappa shape index (κ2) is 16.7. The Morgan fingerprint density at radius 1 is 1.25 bits per heavy atom. The minimum atomic E-state index is -1.05. The molecule has 0 aliphatic carbocycles. The number of aromatic nitrogens is 3. The second-order valence-electron chi connectivity index (χ2n) is 12.0. The Balaban J connectivity index is 1.54. The van der Waals surface area contributed by atoms with E-state index < -0.39 is 48.1 Å². The molecule has 4 heterocycles. The number of nitrogens with zero attached hydrogens (tertiary/aromatic N) is 4. The molecule has 0 radical (unpaired) electrons. The predicted molar refractivity (Wildman–Crippen MR) is 171 cm³/mol. The molecule has 5 atom stereocenters. The van der Waals surface area contributed by atoms with Crippen LogP contribution in [-0.2, 0) is 37.3 Å². The smallest absolute Gasteiger partial charge is 0.412 e. The molecule has 2 bridgehead atoms. The van der Waals surface area contributed by atoms with E-state index in [2.05, 4.69) is 20.7 Å². The van der Waals surface area contributed by atoms with Crippen molar-refractivity contribution in [2.24, 2.45) is 18.9 Å². The summed E-state index contributed by atoms with van der Waals surface area (Å²) in [5.41, 5.74) is 0.628. The number of hydrogen-bond donors (Lipinski definition) is 3. The van der Waals surface area contributed by atoms with Crippen LogP contribution < -0.4 is 10.6 Å². The van der Waals surface area contributed by atoms with E-state index >= 15 is 0 Å². The van der Waals surface area contributed by atoms with E-state index in [4.69, 9.17) is 13.9 Å². The molecule has 2 aromatic rings. The zero-order chi connectivity index (χ0) is 34.8. The van der Waals surface area contributed by atoms with Crippen molar-refractivity contribution in [2.75, 3.05) is 25.0 Å². The lowest BCUT2D eigenvalue weighted by Crippen LogP contribution is -2.44. The van der Waals surface area contributed by atoms with Crippen LogP contribution in [0.4, 0.5) is 10.6 Å². The monoisotopic (exact) mass is 666 g/mol. The van der Waals surface area contributed by atoms with Gasteiger partial charge in [-0.05, 0) is 25.8 Å². The molecule has 0 saturated carbocycles. The number of fused-ring (bicyclic) bond motifs is 3. The maximum Gasteiger partial charge on any atom is 0.412 e. The standard InChI is InChI=1S/C33H42N6O9/c1-20-7-5-12-34-28(42)10-9-21(2)30(22(3)18-47-33(45)36-27-11-14-38(4)37-27)48-32(44)26-8-6-13-39(26)31(43)25-19-46-29(35-25)17-24(41)16-23(40)15-20/h5,7,9-11,14-15,19,21-23,26,30,40H,6,8,12-13,16-18H2,1-4H3,(H,34,42)(H,36,37,45)/b7-5?,10-9+,20-15?/t21-,22-,23-,26-,30+/m1/s1. The van der Waals surface area contributed by atoms with Crippen molar-refractivity contribution < 1.29 is 43.0 Å². The topological polar surface area (TPSA) is 195 Å². The van der Waals surface area contributed by atoms with Gasteiger partial charge in [0.2, 0.25) is 11.8 Å². The molecule has 2 aromatic heterocycles. The largest absolute Gasteiger partial charge is 0.460 e. The van der Waals surface area contributed by atoms with Gasteiger partial charge in [-0.25, -0.2) is 14.6 Å². The molecular weight excluding hydrogens is 624 g/mol. The number of aryl methyl sites for hydroxylation is 1. The summed E-state index contributed by atoms with van der Waals surface area (Å²) >= 11 is 0. The molecule has 2 aliphatic rings. The molecule has 15 heteroatoms. The minimum absolute atomic E-state index is 0.0187. The number of esters is 1. The van der Waals surface area contributed by atoms with Gasteiger partial charge in [0.15, 0.2) is 11.5 Å². The normalized spacial score (nSPS) is 24.6. The van der Waals surface area contributed by atoms with E-state index in [9.17, 15) is 29.1 Å². The van der Waals surface area contributed by atoms with Gasteiger partial charge in [0.05, 0.1) is 19.1 Å². The first-order chi connectivity index (χ1) is 22.9. The first kappa shape index (κ1) is 35.8. The number of aliphatic hydroxyl groups is 1. The van der Waals surface area contributed by atoms with Crippen molar-refractivity contribution in [1.82, 2.24) is 25.0 Å². The van der Waals surface area contributed by atoms with E-state index in [1.54, 1.807) is 58.3 Å². The molecule has 2 aliphatic heterocycles. The number of aliphatic hydroxyl groups excluding tert-OH is 1. The SMILES string of the molecule is CC1=C[C@@H](O)CC(=O)Cc2nc(co2)C(=O)N2CCC[C@@H]2C(=O)O[C@H]([C@H](C)COC(=O)Nc2ccn(C)n2)[C@H](C)/C=C/C(=O)NCC=C1. The number of carbonyl (C=O) groups is 5. The van der Waals surface area contributed by atoms with Crippen molar-refractivity contribution in [3.8, 4) is 0 Å². The van der Waals surface area contributed by atoms with Crippen LogP contribution >= 0.6 is 0 Å². The highest BCUT2D eigenvalue weighted by molar-refractivity contribution is 5.95. The number of amides is 3. The Hall–Kier alpha value is -5.05. The number of anilines is 1. The van der Waals surface area contributed by atoms with Crippen LogP contribution in [0.5, 0.6) is 0 Å². The highest BCUT2D eigenvalue weighted by atomic mass is 16.6. The van der Waals surface area contributed by atoms with Crippen LogP contribution in [0, 0.1) is 11.8 Å². The van der Waals surface area contributed by atoms with E-state index in [0.717, 1.165) is 6.26 Å². The molecular formula is C33H42N6O9. The van der Waals surface area contributed by atoms with Gasteiger partial charge in [-0.1, -0.05) is 43.7 Å². The fraction of sp³-hybridized carbons (Fsp3) is 0.485. The quantitative estimate of drug-likeness (QED) is 0.406. The maximum absolute atomic E-state index is 13.6. The van der Waals surface area contributed by atoms with Crippen LogP contribution in [0.25, 0.3) is 0 Å². The van der Waals surface area contributed by atoms with E-state index in [1.165, 1.54) is 21.7 Å². The lowest BCUT2D eigenvalue weighted by atomic mass is 9.93. The molecule has 3 N–H and O–H groups in total. The number of nitrogens with one attached hydrogen (secondary N) is 2. The van der Waals surface area contributed by atoms with Gasteiger partial charge < -0.3 is 29.2 Å². The van der Waals surface area contributed by atoms with Crippen LogP contribution in [0.3, 0.4) is 0 Å². The number of carbonyl (C=O) groups excluding carboxylic acids is 5. The number of Topliss-reactive ketones (excluding diaryl/α,β-unsaturated/α-hetero) is 1. The highest BCUT2D eigenvalue weighted by Gasteiger charge is 2.39. The van der Waals surface area contributed by atoms with Crippen molar-refractivity contribution in [3.63, 3.8) is 0 Å².